The van der Waals surface area contributed by atoms with Crippen molar-refractivity contribution in [3.63, 3.8) is 0 Å². The summed E-state index contributed by atoms with van der Waals surface area (Å²) in [4.78, 5) is 0. The van der Waals surface area contributed by atoms with Gasteiger partial charge >= 0.3 is 0 Å². The number of hydrogen-bond donors (Lipinski definition) is 1. The third-order valence-electron chi connectivity index (χ3n) is 4.47. The van der Waals surface area contributed by atoms with Crippen LogP contribution in [0.3, 0.4) is 0 Å². The van der Waals surface area contributed by atoms with Crippen molar-refractivity contribution >= 4 is 17.1 Å². The molecular formula is C21H25N2+. The molecule has 0 fully saturated rings. The molecule has 0 saturated heterocycles. The lowest BCUT2D eigenvalue weighted by atomic mass is 10.0. The molecule has 2 nitrogen and oxygen atoms in total. The van der Waals surface area contributed by atoms with Gasteiger partial charge in [0.2, 0.25) is 0 Å². The predicted octanol–water partition coefficient (Wildman–Crippen LogP) is 4.63. The summed E-state index contributed by atoms with van der Waals surface area (Å²) in [6.07, 6.45) is 2.32. The van der Waals surface area contributed by atoms with Gasteiger partial charge in [-0.05, 0) is 50.5 Å². The zero-order valence-electron chi connectivity index (χ0n) is 14.4. The monoisotopic (exact) mass is 305 g/mol. The third kappa shape index (κ3) is 3.07. The van der Waals surface area contributed by atoms with Crippen molar-refractivity contribution in [2.45, 2.75) is 33.7 Å². The molecule has 0 bridgehead atoms. The van der Waals surface area contributed by atoms with Crippen LogP contribution in [0, 0.1) is 13.8 Å². The molecule has 118 valence electrons. The second-order valence-corrected chi connectivity index (χ2v) is 6.47. The quantitative estimate of drug-likeness (QED) is 0.817. The molecule has 2 aromatic carbocycles. The summed E-state index contributed by atoms with van der Waals surface area (Å²) >= 11 is 0. The normalized spacial score (nSPS) is 14.4. The second kappa shape index (κ2) is 6.41. The summed E-state index contributed by atoms with van der Waals surface area (Å²) in [5, 5.41) is 3.73. The molecule has 1 N–H and O–H groups in total. The first-order valence-electron chi connectivity index (χ1n) is 8.30. The summed E-state index contributed by atoms with van der Waals surface area (Å²) in [5.74, 6) is 1.21. The number of nitrogens with zero attached hydrogens (tertiary/aromatic N) is 1. The van der Waals surface area contributed by atoms with Crippen LogP contribution in [0.15, 0.2) is 54.6 Å². The van der Waals surface area contributed by atoms with E-state index < -0.39 is 0 Å². The van der Waals surface area contributed by atoms with E-state index in [4.69, 9.17) is 0 Å². The number of hydrogen-bond acceptors (Lipinski definition) is 1. The molecule has 0 saturated carbocycles. The van der Waals surface area contributed by atoms with Crippen LogP contribution in [0.2, 0.25) is 0 Å². The van der Waals surface area contributed by atoms with Crippen LogP contribution in [0.1, 0.15) is 30.5 Å². The fourth-order valence-corrected chi connectivity index (χ4v) is 3.14. The van der Waals surface area contributed by atoms with Gasteiger partial charge in [-0.15, -0.1) is 0 Å². The lowest BCUT2D eigenvalue weighted by molar-refractivity contribution is -0.545. The standard InChI is InChI=1S/C21H24N2/c1-15(2)23-14-13-19(18-11-6-5-7-12-18)21(23)22-20-16(3)9-8-10-17(20)4/h5-13,15H,14H2,1-4H3/p+1. The average Bonchev–Trinajstić information content (AvgIpc) is 2.96. The molecular weight excluding hydrogens is 280 g/mol. The van der Waals surface area contributed by atoms with Gasteiger partial charge in [-0.3, -0.25) is 4.58 Å². The van der Waals surface area contributed by atoms with Crippen LogP contribution in [-0.2, 0) is 0 Å². The SMILES string of the molecule is Cc1cccc(C)c1NC1=[N+](C(C)C)CC=C1c1ccccc1. The van der Waals surface area contributed by atoms with Gasteiger partial charge in [-0.25, -0.2) is 5.32 Å². The number of benzene rings is 2. The van der Waals surface area contributed by atoms with E-state index in [9.17, 15) is 0 Å². The maximum Gasteiger partial charge on any atom is 0.283 e. The first-order valence-corrected chi connectivity index (χ1v) is 8.30. The van der Waals surface area contributed by atoms with Crippen molar-refractivity contribution in [1.82, 2.24) is 0 Å². The highest BCUT2D eigenvalue weighted by atomic mass is 15.2. The van der Waals surface area contributed by atoms with Crippen LogP contribution in [0.25, 0.3) is 5.57 Å². The molecule has 0 amide bonds. The molecule has 2 heteroatoms. The van der Waals surface area contributed by atoms with E-state index in [0.29, 0.717) is 6.04 Å². The Hall–Kier alpha value is -2.35. The maximum atomic E-state index is 3.73. The van der Waals surface area contributed by atoms with Gasteiger partial charge in [0.1, 0.15) is 12.2 Å². The van der Waals surface area contributed by atoms with Crippen molar-refractivity contribution in [1.29, 1.82) is 0 Å². The van der Waals surface area contributed by atoms with E-state index in [-0.39, 0.29) is 0 Å². The van der Waals surface area contributed by atoms with Crippen LogP contribution < -0.4 is 5.32 Å². The van der Waals surface area contributed by atoms with Crippen LogP contribution in [-0.4, -0.2) is 23.0 Å². The number of nitrogens with one attached hydrogen (secondary N) is 1. The Bertz CT molecular complexity index is 747. The maximum absolute atomic E-state index is 3.73. The van der Waals surface area contributed by atoms with E-state index in [2.05, 4.69) is 92.2 Å². The Balaban J connectivity index is 2.04. The molecule has 0 atom stereocenters. The summed E-state index contributed by atoms with van der Waals surface area (Å²) in [7, 11) is 0. The molecule has 1 heterocycles. The minimum absolute atomic E-state index is 0.458. The summed E-state index contributed by atoms with van der Waals surface area (Å²) in [6, 6.07) is 17.5. The summed E-state index contributed by atoms with van der Waals surface area (Å²) < 4.78 is 2.42. The molecule has 2 aromatic rings. The Kier molecular flexibility index (Phi) is 4.33. The van der Waals surface area contributed by atoms with E-state index in [1.54, 1.807) is 0 Å². The van der Waals surface area contributed by atoms with Crippen LogP contribution in [0.4, 0.5) is 5.69 Å². The zero-order valence-corrected chi connectivity index (χ0v) is 14.4. The van der Waals surface area contributed by atoms with Gasteiger partial charge in [0.15, 0.2) is 0 Å². The first-order chi connectivity index (χ1) is 11.1. The highest BCUT2D eigenvalue weighted by Crippen LogP contribution is 2.26. The highest BCUT2D eigenvalue weighted by Gasteiger charge is 2.28. The molecule has 0 unspecified atom stereocenters. The van der Waals surface area contributed by atoms with Crippen LogP contribution in [0.5, 0.6) is 0 Å². The number of anilines is 1. The zero-order chi connectivity index (χ0) is 16.4. The van der Waals surface area contributed by atoms with Gasteiger partial charge in [-0.1, -0.05) is 48.5 Å². The van der Waals surface area contributed by atoms with Crippen molar-refractivity contribution in [3.8, 4) is 0 Å². The van der Waals surface area contributed by atoms with Gasteiger partial charge in [0.05, 0.1) is 11.6 Å². The van der Waals surface area contributed by atoms with Crippen molar-refractivity contribution < 1.29 is 4.58 Å². The van der Waals surface area contributed by atoms with Gasteiger partial charge < -0.3 is 0 Å². The molecule has 0 aliphatic carbocycles. The lowest BCUT2D eigenvalue weighted by Crippen LogP contribution is -2.30. The molecule has 0 aromatic heterocycles. The summed E-state index contributed by atoms with van der Waals surface area (Å²) in [5.41, 5.74) is 6.34. The van der Waals surface area contributed by atoms with Gasteiger partial charge in [0, 0.05) is 0 Å². The molecule has 3 rings (SSSR count). The fourth-order valence-electron chi connectivity index (χ4n) is 3.14. The third-order valence-corrected chi connectivity index (χ3v) is 4.47. The average molecular weight is 305 g/mol. The number of para-hydroxylation sites is 1. The molecule has 1 aliphatic rings. The minimum Gasteiger partial charge on any atom is -0.256 e. The number of amidine groups is 1. The lowest BCUT2D eigenvalue weighted by Gasteiger charge is -2.14. The topological polar surface area (TPSA) is 15.0 Å². The van der Waals surface area contributed by atoms with Gasteiger partial charge in [-0.2, -0.15) is 0 Å². The van der Waals surface area contributed by atoms with Crippen molar-refractivity contribution in [3.05, 3.63) is 71.3 Å². The van der Waals surface area contributed by atoms with Crippen molar-refractivity contribution in [2.24, 2.45) is 0 Å². The Labute approximate surface area is 139 Å². The minimum atomic E-state index is 0.458. The second-order valence-electron chi connectivity index (χ2n) is 6.47. The van der Waals surface area contributed by atoms with Crippen LogP contribution >= 0.6 is 0 Å². The number of aryl methyl sites for hydroxylation is 2. The summed E-state index contributed by atoms with van der Waals surface area (Å²) in [6.45, 7) is 9.77. The molecule has 23 heavy (non-hydrogen) atoms. The van der Waals surface area contributed by atoms with Crippen molar-refractivity contribution in [2.75, 3.05) is 11.9 Å². The number of rotatable bonds is 3. The van der Waals surface area contributed by atoms with Gasteiger partial charge in [0.25, 0.3) is 5.84 Å². The molecule has 0 radical (unpaired) electrons. The molecule has 0 spiro atoms. The Morgan fingerprint density at radius 2 is 1.57 bits per heavy atom. The largest absolute Gasteiger partial charge is 0.283 e. The first kappa shape index (κ1) is 15.5. The predicted molar refractivity (Wildman–Crippen MR) is 99.2 cm³/mol. The van der Waals surface area contributed by atoms with E-state index in [1.165, 1.54) is 33.8 Å². The Morgan fingerprint density at radius 1 is 0.913 bits per heavy atom. The Morgan fingerprint density at radius 3 is 2.17 bits per heavy atom. The fraction of sp³-hybridized carbons (Fsp3) is 0.286. The van der Waals surface area contributed by atoms with E-state index in [0.717, 1.165) is 6.54 Å². The van der Waals surface area contributed by atoms with E-state index in [1.807, 2.05) is 0 Å². The molecule has 1 aliphatic heterocycles. The smallest absolute Gasteiger partial charge is 0.256 e. The van der Waals surface area contributed by atoms with E-state index >= 15 is 0 Å². The highest BCUT2D eigenvalue weighted by molar-refractivity contribution is 6.27.